The molecule has 2 heterocycles. The lowest BCUT2D eigenvalue weighted by Gasteiger charge is -2.39. The summed E-state index contributed by atoms with van der Waals surface area (Å²) in [6.45, 7) is 16.2. The molecule has 0 radical (unpaired) electrons. The number of fused-ring (bicyclic) bond motifs is 1. The molecule has 1 fully saturated rings. The zero-order valence-electron chi connectivity index (χ0n) is 20.4. The lowest BCUT2D eigenvalue weighted by Crippen LogP contribution is -2.79. The summed E-state index contributed by atoms with van der Waals surface area (Å²) in [6, 6.07) is 7.50. The van der Waals surface area contributed by atoms with Gasteiger partial charge in [-0.25, -0.2) is 18.0 Å². The number of ether oxygens (including phenoxy) is 1. The van der Waals surface area contributed by atoms with Gasteiger partial charge < -0.3 is 4.74 Å². The molecule has 0 saturated carbocycles. The molecule has 2 aliphatic rings. The molecule has 2 N–H and O–H groups in total. The van der Waals surface area contributed by atoms with Crippen LogP contribution in [0.4, 0.5) is 10.5 Å². The molecule has 1 amide bonds. The molecular formula is C24H38N3O5S+. The Labute approximate surface area is 198 Å². The second-order valence-corrected chi connectivity index (χ2v) is 8.85. The standard InChI is InChI=1S/C20H25N3O5S.2C2H6/c1-4-17(21-27-3)13-15(2)29(25,26)22-11-9-18(10-12-22)23-19-8-6-5-7-16(19)14-28-20(23)24;2*1-2/h4-8,13,18,21H,1-2,9-12,14H2,3H3;2*1-2H3/p+1/b17-13+;;. The Morgan fingerprint density at radius 1 is 1.18 bits per heavy atom. The highest BCUT2D eigenvalue weighted by Gasteiger charge is 2.37. The maximum absolute atomic E-state index is 12.9. The molecule has 1 aromatic rings. The Kier molecular flexibility index (Phi) is 12.1. The predicted octanol–water partition coefficient (Wildman–Crippen LogP) is 3.70. The van der Waals surface area contributed by atoms with Crippen LogP contribution in [0.25, 0.3) is 0 Å². The van der Waals surface area contributed by atoms with Crippen molar-refractivity contribution in [2.24, 2.45) is 0 Å². The smallest absolute Gasteiger partial charge is 0.414 e. The highest BCUT2D eigenvalue weighted by Crippen LogP contribution is 2.32. The molecule has 0 unspecified atom stereocenters. The van der Waals surface area contributed by atoms with Gasteiger partial charge in [-0.15, -0.1) is 0 Å². The van der Waals surface area contributed by atoms with Crippen molar-refractivity contribution >= 4 is 21.8 Å². The number of nitrogens with two attached hydrogens (primary N) is 1. The second-order valence-electron chi connectivity index (χ2n) is 6.86. The van der Waals surface area contributed by atoms with Gasteiger partial charge in [-0.05, 0) is 25.0 Å². The van der Waals surface area contributed by atoms with Gasteiger partial charge in [0.2, 0.25) is 10.0 Å². The minimum atomic E-state index is -3.71. The first-order valence-corrected chi connectivity index (χ1v) is 12.8. The van der Waals surface area contributed by atoms with E-state index >= 15 is 0 Å². The van der Waals surface area contributed by atoms with Crippen molar-refractivity contribution in [3.05, 3.63) is 65.7 Å². The number of sulfonamides is 1. The van der Waals surface area contributed by atoms with Crippen LogP contribution in [-0.2, 0) is 26.2 Å². The molecule has 0 spiro atoms. The van der Waals surface area contributed by atoms with Crippen LogP contribution in [0.3, 0.4) is 0 Å². The molecular weight excluding hydrogens is 442 g/mol. The number of piperidine rings is 1. The highest BCUT2D eigenvalue weighted by atomic mass is 32.2. The number of amides is 1. The summed E-state index contributed by atoms with van der Waals surface area (Å²) in [4.78, 5) is 18.9. The van der Waals surface area contributed by atoms with Gasteiger partial charge in [-0.1, -0.05) is 59.1 Å². The summed E-state index contributed by atoms with van der Waals surface area (Å²) in [5, 5.41) is 0. The SMILES string of the molecule is C=C/C(=C\C(=C)S(=O)(=O)N1CCC(N2C(=O)OCc3ccccc32)CC1)[NH2+]OC.CC.CC. The minimum absolute atomic E-state index is 0.0260. The van der Waals surface area contributed by atoms with E-state index in [-0.39, 0.29) is 23.6 Å². The number of quaternary nitrogens is 1. The van der Waals surface area contributed by atoms with Crippen LogP contribution in [-0.4, -0.2) is 45.1 Å². The van der Waals surface area contributed by atoms with Crippen molar-refractivity contribution in [2.45, 2.75) is 53.2 Å². The van der Waals surface area contributed by atoms with E-state index in [9.17, 15) is 13.2 Å². The Balaban J connectivity index is 0.00000129. The summed E-state index contributed by atoms with van der Waals surface area (Å²) in [5.41, 5.74) is 3.71. The third-order valence-electron chi connectivity index (χ3n) is 5.08. The van der Waals surface area contributed by atoms with Crippen LogP contribution in [0, 0.1) is 0 Å². The van der Waals surface area contributed by atoms with E-state index in [1.54, 1.807) is 4.90 Å². The van der Waals surface area contributed by atoms with Crippen molar-refractivity contribution in [1.82, 2.24) is 4.31 Å². The van der Waals surface area contributed by atoms with E-state index < -0.39 is 10.0 Å². The number of para-hydroxylation sites is 1. The van der Waals surface area contributed by atoms with Gasteiger partial charge in [0.05, 0.1) is 17.7 Å². The molecule has 0 atom stereocenters. The topological polar surface area (TPSA) is 92.8 Å². The number of allylic oxidation sites excluding steroid dienone is 2. The number of carbonyl (C=O) groups excluding carboxylic acids is 1. The van der Waals surface area contributed by atoms with Crippen LogP contribution in [0.2, 0.25) is 0 Å². The Hall–Kier alpha value is -2.46. The van der Waals surface area contributed by atoms with Gasteiger partial charge in [0.15, 0.2) is 5.70 Å². The van der Waals surface area contributed by atoms with E-state index in [0.29, 0.717) is 31.6 Å². The lowest BCUT2D eigenvalue weighted by atomic mass is 10.0. The fraction of sp³-hybridized carbons (Fsp3) is 0.458. The Morgan fingerprint density at radius 2 is 1.79 bits per heavy atom. The first-order chi connectivity index (χ1) is 15.9. The first kappa shape index (κ1) is 28.6. The number of cyclic esters (lactones) is 1. The average Bonchev–Trinajstić information content (AvgIpc) is 2.86. The van der Waals surface area contributed by atoms with Crippen molar-refractivity contribution in [3.8, 4) is 0 Å². The summed E-state index contributed by atoms with van der Waals surface area (Å²) >= 11 is 0. The van der Waals surface area contributed by atoms with Gasteiger partial charge in [0.1, 0.15) is 6.61 Å². The summed E-state index contributed by atoms with van der Waals surface area (Å²) in [6.07, 6.45) is 3.56. The number of carbonyl (C=O) groups is 1. The number of nitrogens with zero attached hydrogens (tertiary/aromatic N) is 2. The number of hydroxylamine groups is 1. The fourth-order valence-electron chi connectivity index (χ4n) is 3.57. The fourth-order valence-corrected chi connectivity index (χ4v) is 4.87. The van der Waals surface area contributed by atoms with Gasteiger partial charge in [0, 0.05) is 30.8 Å². The average molecular weight is 481 g/mol. The molecule has 0 bridgehead atoms. The monoisotopic (exact) mass is 480 g/mol. The maximum Gasteiger partial charge on any atom is 0.414 e. The van der Waals surface area contributed by atoms with Crippen molar-refractivity contribution < 1.29 is 28.3 Å². The Morgan fingerprint density at radius 3 is 2.36 bits per heavy atom. The van der Waals surface area contributed by atoms with Crippen molar-refractivity contribution in [3.63, 3.8) is 0 Å². The number of hydrogen-bond donors (Lipinski definition) is 1. The largest absolute Gasteiger partial charge is 0.444 e. The summed E-state index contributed by atoms with van der Waals surface area (Å²) < 4.78 is 32.4. The maximum atomic E-state index is 12.9. The lowest BCUT2D eigenvalue weighted by molar-refractivity contribution is -0.852. The van der Waals surface area contributed by atoms with Gasteiger partial charge in [-0.2, -0.15) is 9.79 Å². The third-order valence-corrected chi connectivity index (χ3v) is 6.90. The van der Waals surface area contributed by atoms with Crippen molar-refractivity contribution in [2.75, 3.05) is 25.1 Å². The van der Waals surface area contributed by atoms with Gasteiger partial charge in [-0.3, -0.25) is 4.90 Å². The molecule has 2 aliphatic heterocycles. The van der Waals surface area contributed by atoms with Crippen molar-refractivity contribution in [1.29, 1.82) is 0 Å². The molecule has 9 heteroatoms. The molecule has 1 aromatic carbocycles. The minimum Gasteiger partial charge on any atom is -0.444 e. The Bertz CT molecular complexity index is 935. The van der Waals surface area contributed by atoms with Gasteiger partial charge in [0.25, 0.3) is 0 Å². The molecule has 0 aromatic heterocycles. The number of benzene rings is 1. The normalized spacial score (nSPS) is 16.9. The predicted molar refractivity (Wildman–Crippen MR) is 132 cm³/mol. The summed E-state index contributed by atoms with van der Waals surface area (Å²) in [5.74, 6) is 0. The van der Waals surface area contributed by atoms with Crippen LogP contribution >= 0.6 is 0 Å². The molecule has 8 nitrogen and oxygen atoms in total. The molecule has 3 rings (SSSR count). The molecule has 0 aliphatic carbocycles. The van der Waals surface area contributed by atoms with E-state index in [0.717, 1.165) is 11.3 Å². The quantitative estimate of drug-likeness (QED) is 0.475. The van der Waals surface area contributed by atoms with E-state index in [1.807, 2.05) is 52.0 Å². The highest BCUT2D eigenvalue weighted by molar-refractivity contribution is 7.93. The van der Waals surface area contributed by atoms with E-state index in [1.165, 1.54) is 29.0 Å². The molecule has 184 valence electrons. The van der Waals surface area contributed by atoms with Crippen LogP contribution in [0.5, 0.6) is 0 Å². The van der Waals surface area contributed by atoms with Crippen LogP contribution in [0.1, 0.15) is 46.1 Å². The van der Waals surface area contributed by atoms with Crippen LogP contribution in [0.15, 0.2) is 60.2 Å². The van der Waals surface area contributed by atoms with E-state index in [4.69, 9.17) is 9.57 Å². The zero-order chi connectivity index (χ0) is 25.0. The van der Waals surface area contributed by atoms with Gasteiger partial charge >= 0.3 is 6.09 Å². The first-order valence-electron chi connectivity index (χ1n) is 11.3. The molecule has 1 saturated heterocycles. The van der Waals surface area contributed by atoms with E-state index in [2.05, 4.69) is 13.2 Å². The zero-order valence-corrected chi connectivity index (χ0v) is 21.2. The number of anilines is 1. The van der Waals surface area contributed by atoms with Crippen LogP contribution < -0.4 is 10.4 Å². The number of rotatable bonds is 7. The molecule has 33 heavy (non-hydrogen) atoms. The second kappa shape index (κ2) is 13.9. The third kappa shape index (κ3) is 7.01. The summed E-state index contributed by atoms with van der Waals surface area (Å²) in [7, 11) is -2.23. The number of hydrogen-bond acceptors (Lipinski definition) is 5.